The largest absolute Gasteiger partial charge is 0.378 e. The summed E-state index contributed by atoms with van der Waals surface area (Å²) < 4.78 is 5.45. The molecule has 0 unspecified atom stereocenters. The Bertz CT molecular complexity index is 775. The molecule has 3 rings (SSSR count). The number of pyridine rings is 1. The molecule has 2 aromatic rings. The summed E-state index contributed by atoms with van der Waals surface area (Å²) in [6.07, 6.45) is 2.58. The van der Waals surface area contributed by atoms with Gasteiger partial charge in [-0.1, -0.05) is 12.1 Å². The number of benzene rings is 1. The number of anilines is 3. The molecule has 0 atom stereocenters. The normalized spacial score (nSPS) is 14.2. The Morgan fingerprint density at radius 3 is 2.79 bits per heavy atom. The van der Waals surface area contributed by atoms with Gasteiger partial charge in [-0.3, -0.25) is 4.79 Å². The summed E-state index contributed by atoms with van der Waals surface area (Å²) >= 11 is 0. The highest BCUT2D eigenvalue weighted by Crippen LogP contribution is 2.28. The Balaban J connectivity index is 1.65. The molecule has 0 bridgehead atoms. The average molecular weight is 383 g/mol. The summed E-state index contributed by atoms with van der Waals surface area (Å²) in [4.78, 5) is 21.2. The fraction of sp³-hybridized carbons (Fsp3) is 0.429. The molecule has 7 nitrogen and oxygen atoms in total. The number of amides is 1. The second-order valence-corrected chi connectivity index (χ2v) is 7.08. The van der Waals surface area contributed by atoms with Gasteiger partial charge in [-0.05, 0) is 51.3 Å². The number of carbonyl (C=O) groups excluding carboxylic acids is 1. The summed E-state index contributed by atoms with van der Waals surface area (Å²) in [6.45, 7) is 4.79. The van der Waals surface area contributed by atoms with Crippen LogP contribution in [0.5, 0.6) is 0 Å². The van der Waals surface area contributed by atoms with Crippen LogP contribution in [-0.4, -0.2) is 69.3 Å². The first-order chi connectivity index (χ1) is 13.6. The van der Waals surface area contributed by atoms with E-state index in [1.807, 2.05) is 32.3 Å². The maximum atomic E-state index is 12.4. The summed E-state index contributed by atoms with van der Waals surface area (Å²) in [7, 11) is 4.05. The predicted octanol–water partition coefficient (Wildman–Crippen LogP) is 2.34. The van der Waals surface area contributed by atoms with Crippen LogP contribution in [-0.2, 0) is 4.74 Å². The first-order valence-electron chi connectivity index (χ1n) is 9.71. The minimum atomic E-state index is -0.0781. The van der Waals surface area contributed by atoms with Gasteiger partial charge in [0.15, 0.2) is 0 Å². The lowest BCUT2D eigenvalue weighted by atomic mass is 10.2. The lowest BCUT2D eigenvalue weighted by Crippen LogP contribution is -2.36. The average Bonchev–Trinajstić information content (AvgIpc) is 2.72. The fourth-order valence-corrected chi connectivity index (χ4v) is 3.14. The van der Waals surface area contributed by atoms with Crippen molar-refractivity contribution >= 4 is 23.1 Å². The second-order valence-electron chi connectivity index (χ2n) is 7.08. The molecule has 1 amide bonds. The van der Waals surface area contributed by atoms with Crippen molar-refractivity contribution in [2.24, 2.45) is 0 Å². The highest BCUT2D eigenvalue weighted by Gasteiger charge is 2.15. The number of para-hydroxylation sites is 2. The third-order valence-corrected chi connectivity index (χ3v) is 4.61. The maximum absolute atomic E-state index is 12.4. The van der Waals surface area contributed by atoms with E-state index in [0.717, 1.165) is 50.6 Å². The molecular weight excluding hydrogens is 354 g/mol. The first-order valence-corrected chi connectivity index (χ1v) is 9.71. The molecule has 1 aliphatic heterocycles. The number of rotatable bonds is 8. The third-order valence-electron chi connectivity index (χ3n) is 4.61. The van der Waals surface area contributed by atoms with Gasteiger partial charge >= 0.3 is 0 Å². The van der Waals surface area contributed by atoms with Crippen LogP contribution in [0.1, 0.15) is 16.8 Å². The molecule has 1 aromatic carbocycles. The second kappa shape index (κ2) is 10.1. The Morgan fingerprint density at radius 1 is 1.21 bits per heavy atom. The van der Waals surface area contributed by atoms with E-state index in [9.17, 15) is 4.79 Å². The minimum Gasteiger partial charge on any atom is -0.378 e. The van der Waals surface area contributed by atoms with Gasteiger partial charge in [-0.25, -0.2) is 4.98 Å². The number of carbonyl (C=O) groups is 1. The topological polar surface area (TPSA) is 69.7 Å². The zero-order valence-electron chi connectivity index (χ0n) is 16.6. The summed E-state index contributed by atoms with van der Waals surface area (Å²) in [5.41, 5.74) is 2.69. The number of hydrogen-bond acceptors (Lipinski definition) is 6. The van der Waals surface area contributed by atoms with E-state index in [4.69, 9.17) is 4.74 Å². The lowest BCUT2D eigenvalue weighted by molar-refractivity contribution is 0.0952. The Hall–Kier alpha value is -2.64. The molecular formula is C21H29N5O2. The monoisotopic (exact) mass is 383 g/mol. The number of ether oxygens (including phenoxy) is 1. The third kappa shape index (κ3) is 5.68. The summed E-state index contributed by atoms with van der Waals surface area (Å²) in [6, 6.07) is 11.7. The van der Waals surface area contributed by atoms with Gasteiger partial charge in [0.2, 0.25) is 0 Å². The van der Waals surface area contributed by atoms with E-state index in [1.165, 1.54) is 0 Å². The highest BCUT2D eigenvalue weighted by molar-refractivity contribution is 5.95. The van der Waals surface area contributed by atoms with Crippen LogP contribution in [0.25, 0.3) is 0 Å². The molecule has 1 aliphatic rings. The van der Waals surface area contributed by atoms with Gasteiger partial charge in [0.1, 0.15) is 5.82 Å². The van der Waals surface area contributed by atoms with Gasteiger partial charge in [-0.2, -0.15) is 0 Å². The predicted molar refractivity (Wildman–Crippen MR) is 112 cm³/mol. The van der Waals surface area contributed by atoms with Gasteiger partial charge < -0.3 is 25.2 Å². The van der Waals surface area contributed by atoms with Crippen molar-refractivity contribution < 1.29 is 9.53 Å². The first kappa shape index (κ1) is 20.1. The zero-order valence-corrected chi connectivity index (χ0v) is 16.6. The highest BCUT2D eigenvalue weighted by atomic mass is 16.5. The van der Waals surface area contributed by atoms with Gasteiger partial charge in [-0.15, -0.1) is 0 Å². The van der Waals surface area contributed by atoms with Crippen molar-refractivity contribution in [1.82, 2.24) is 15.2 Å². The number of nitrogens with zero attached hydrogens (tertiary/aromatic N) is 3. The van der Waals surface area contributed by atoms with Gasteiger partial charge in [0.25, 0.3) is 5.91 Å². The van der Waals surface area contributed by atoms with E-state index in [-0.39, 0.29) is 5.91 Å². The molecule has 2 N–H and O–H groups in total. The van der Waals surface area contributed by atoms with Gasteiger partial charge in [0, 0.05) is 31.4 Å². The number of morpholine rings is 1. The number of aromatic nitrogens is 1. The Kier molecular flexibility index (Phi) is 7.22. The molecule has 1 aromatic heterocycles. The standard InChI is InChI=1S/C21H29N5O2/c1-25(2)11-5-9-23-21(27)17-8-10-22-20(16-17)24-18-6-3-4-7-19(18)26-12-14-28-15-13-26/h3-4,6-8,10,16H,5,9,11-15H2,1-2H3,(H,22,24)(H,23,27). The van der Waals surface area contributed by atoms with Crippen molar-refractivity contribution in [2.45, 2.75) is 6.42 Å². The van der Waals surface area contributed by atoms with E-state index in [0.29, 0.717) is 17.9 Å². The van der Waals surface area contributed by atoms with E-state index in [2.05, 4.69) is 31.5 Å². The van der Waals surface area contributed by atoms with Gasteiger partial charge in [0.05, 0.1) is 24.6 Å². The lowest BCUT2D eigenvalue weighted by Gasteiger charge is -2.30. The van der Waals surface area contributed by atoms with Crippen molar-refractivity contribution in [3.05, 3.63) is 48.2 Å². The molecule has 0 saturated carbocycles. The Labute approximate surface area is 166 Å². The quantitative estimate of drug-likeness (QED) is 0.682. The molecule has 0 radical (unpaired) electrons. The molecule has 7 heteroatoms. The van der Waals surface area contributed by atoms with Crippen molar-refractivity contribution in [3.8, 4) is 0 Å². The van der Waals surface area contributed by atoms with Crippen LogP contribution >= 0.6 is 0 Å². The summed E-state index contributed by atoms with van der Waals surface area (Å²) in [5.74, 6) is 0.576. The van der Waals surface area contributed by atoms with E-state index < -0.39 is 0 Å². The zero-order chi connectivity index (χ0) is 19.8. The molecule has 1 fully saturated rings. The number of hydrogen-bond donors (Lipinski definition) is 2. The fourth-order valence-electron chi connectivity index (χ4n) is 3.14. The van der Waals surface area contributed by atoms with Crippen LogP contribution in [0.3, 0.4) is 0 Å². The molecule has 1 saturated heterocycles. The summed E-state index contributed by atoms with van der Waals surface area (Å²) in [5, 5.41) is 6.33. The molecule has 0 aliphatic carbocycles. The number of nitrogens with one attached hydrogen (secondary N) is 2. The van der Waals surface area contributed by atoms with E-state index in [1.54, 1.807) is 18.3 Å². The van der Waals surface area contributed by atoms with Crippen LogP contribution in [0, 0.1) is 0 Å². The van der Waals surface area contributed by atoms with Crippen molar-refractivity contribution in [3.63, 3.8) is 0 Å². The molecule has 28 heavy (non-hydrogen) atoms. The minimum absolute atomic E-state index is 0.0781. The molecule has 0 spiro atoms. The Morgan fingerprint density at radius 2 is 2.00 bits per heavy atom. The van der Waals surface area contributed by atoms with Crippen molar-refractivity contribution in [1.29, 1.82) is 0 Å². The smallest absolute Gasteiger partial charge is 0.251 e. The van der Waals surface area contributed by atoms with Crippen LogP contribution in [0.4, 0.5) is 17.2 Å². The molecule has 150 valence electrons. The SMILES string of the molecule is CN(C)CCCNC(=O)c1ccnc(Nc2ccccc2N2CCOCC2)c1. The van der Waals surface area contributed by atoms with Crippen molar-refractivity contribution in [2.75, 3.05) is 63.7 Å². The van der Waals surface area contributed by atoms with Crippen LogP contribution < -0.4 is 15.5 Å². The van der Waals surface area contributed by atoms with Crippen LogP contribution in [0.2, 0.25) is 0 Å². The van der Waals surface area contributed by atoms with Crippen LogP contribution in [0.15, 0.2) is 42.6 Å². The van der Waals surface area contributed by atoms with E-state index >= 15 is 0 Å². The maximum Gasteiger partial charge on any atom is 0.251 e. The molecule has 2 heterocycles.